The molecule has 0 amide bonds. The molecule has 0 heterocycles. The van der Waals surface area contributed by atoms with Gasteiger partial charge >= 0.3 is 0 Å². The minimum atomic E-state index is -0.196. The second kappa shape index (κ2) is 3.72. The highest BCUT2D eigenvalue weighted by Crippen LogP contribution is 2.31. The Labute approximate surface area is 84.7 Å². The third-order valence-electron chi connectivity index (χ3n) is 1.72. The fourth-order valence-corrected chi connectivity index (χ4v) is 2.14. The van der Waals surface area contributed by atoms with Gasteiger partial charge in [0.1, 0.15) is 0 Å². The topological polar surface area (TPSA) is 26.0 Å². The van der Waals surface area contributed by atoms with E-state index in [1.165, 1.54) is 16.0 Å². The summed E-state index contributed by atoms with van der Waals surface area (Å²) in [5.74, 6) is 0. The number of nitrogens with two attached hydrogens (primary N) is 1. The maximum Gasteiger partial charge on any atom is 0.0610 e. The molecule has 72 valence electrons. The van der Waals surface area contributed by atoms with Crippen LogP contribution in [0.15, 0.2) is 23.1 Å². The van der Waals surface area contributed by atoms with Gasteiger partial charge in [-0.05, 0) is 44.9 Å². The van der Waals surface area contributed by atoms with Gasteiger partial charge in [-0.1, -0.05) is 12.1 Å². The van der Waals surface area contributed by atoms with Crippen LogP contribution in [0.2, 0.25) is 0 Å². The van der Waals surface area contributed by atoms with Crippen molar-refractivity contribution in [3.05, 3.63) is 29.3 Å². The molecule has 13 heavy (non-hydrogen) atoms. The molecule has 0 aromatic heterocycles. The zero-order chi connectivity index (χ0) is 10.1. The lowest BCUT2D eigenvalue weighted by atomic mass is 10.2. The van der Waals surface area contributed by atoms with Gasteiger partial charge in [-0.3, -0.25) is 0 Å². The minimum absolute atomic E-state index is 0.196. The largest absolute Gasteiger partial charge is 0.317 e. The first-order valence-electron chi connectivity index (χ1n) is 4.43. The number of hydrogen-bond donors (Lipinski definition) is 1. The van der Waals surface area contributed by atoms with Crippen molar-refractivity contribution < 1.29 is 0 Å². The highest BCUT2D eigenvalue weighted by molar-refractivity contribution is 8.00. The van der Waals surface area contributed by atoms with Crippen LogP contribution in [-0.4, -0.2) is 4.87 Å². The van der Waals surface area contributed by atoms with Crippen molar-refractivity contribution in [2.75, 3.05) is 0 Å². The van der Waals surface area contributed by atoms with E-state index in [1.54, 1.807) is 11.8 Å². The number of hydrogen-bond acceptors (Lipinski definition) is 2. The second-order valence-electron chi connectivity index (χ2n) is 3.97. The van der Waals surface area contributed by atoms with E-state index >= 15 is 0 Å². The molecule has 1 aromatic carbocycles. The van der Waals surface area contributed by atoms with Crippen molar-refractivity contribution in [1.82, 2.24) is 0 Å². The summed E-state index contributed by atoms with van der Waals surface area (Å²) in [7, 11) is 0. The SMILES string of the molecule is Cc1ccc(C)c(SC(C)(C)N)c1. The second-order valence-corrected chi connectivity index (χ2v) is 5.67. The molecule has 1 rings (SSSR count). The van der Waals surface area contributed by atoms with Crippen molar-refractivity contribution in [3.63, 3.8) is 0 Å². The van der Waals surface area contributed by atoms with Crippen LogP contribution < -0.4 is 5.73 Å². The summed E-state index contributed by atoms with van der Waals surface area (Å²) >= 11 is 1.72. The Kier molecular flexibility index (Phi) is 3.04. The number of benzene rings is 1. The lowest BCUT2D eigenvalue weighted by Gasteiger charge is -2.19. The Hall–Kier alpha value is -0.470. The van der Waals surface area contributed by atoms with Gasteiger partial charge in [-0.2, -0.15) is 0 Å². The molecular weight excluding hydrogens is 178 g/mol. The Morgan fingerprint density at radius 1 is 1.23 bits per heavy atom. The van der Waals surface area contributed by atoms with E-state index in [0.29, 0.717) is 0 Å². The first kappa shape index (κ1) is 10.6. The molecule has 1 aromatic rings. The van der Waals surface area contributed by atoms with Crippen LogP contribution >= 0.6 is 11.8 Å². The van der Waals surface area contributed by atoms with Crippen molar-refractivity contribution in [2.24, 2.45) is 5.73 Å². The van der Waals surface area contributed by atoms with Crippen molar-refractivity contribution >= 4 is 11.8 Å². The van der Waals surface area contributed by atoms with Crippen LogP contribution in [0.25, 0.3) is 0 Å². The standard InChI is InChI=1S/C11H17NS/c1-8-5-6-9(2)10(7-8)13-11(3,4)12/h5-7H,12H2,1-4H3. The highest BCUT2D eigenvalue weighted by atomic mass is 32.2. The predicted molar refractivity (Wildman–Crippen MR) is 60.0 cm³/mol. The number of aryl methyl sites for hydroxylation is 2. The summed E-state index contributed by atoms with van der Waals surface area (Å²) in [6.07, 6.45) is 0. The van der Waals surface area contributed by atoms with Crippen molar-refractivity contribution in [1.29, 1.82) is 0 Å². The molecule has 1 nitrogen and oxygen atoms in total. The Morgan fingerprint density at radius 3 is 2.38 bits per heavy atom. The third kappa shape index (κ3) is 3.41. The van der Waals surface area contributed by atoms with Crippen LogP contribution in [0.4, 0.5) is 0 Å². The summed E-state index contributed by atoms with van der Waals surface area (Å²) in [6, 6.07) is 6.46. The zero-order valence-electron chi connectivity index (χ0n) is 8.72. The molecule has 0 atom stereocenters. The van der Waals surface area contributed by atoms with Gasteiger partial charge in [0.25, 0.3) is 0 Å². The molecule has 0 fully saturated rings. The molecular formula is C11H17NS. The summed E-state index contributed by atoms with van der Waals surface area (Å²) in [5, 5.41) is 0. The molecule has 2 heteroatoms. The lowest BCUT2D eigenvalue weighted by molar-refractivity contribution is 0.757. The summed E-state index contributed by atoms with van der Waals surface area (Å²) in [5.41, 5.74) is 8.54. The van der Waals surface area contributed by atoms with E-state index in [4.69, 9.17) is 5.73 Å². The van der Waals surface area contributed by atoms with Gasteiger partial charge in [0.15, 0.2) is 0 Å². The van der Waals surface area contributed by atoms with Crippen LogP contribution in [0.3, 0.4) is 0 Å². The predicted octanol–water partition coefficient (Wildman–Crippen LogP) is 3.09. The number of thioether (sulfide) groups is 1. The fraction of sp³-hybridized carbons (Fsp3) is 0.455. The first-order valence-corrected chi connectivity index (χ1v) is 5.25. The quantitative estimate of drug-likeness (QED) is 0.579. The van der Waals surface area contributed by atoms with E-state index in [9.17, 15) is 0 Å². The highest BCUT2D eigenvalue weighted by Gasteiger charge is 2.13. The van der Waals surface area contributed by atoms with Gasteiger partial charge < -0.3 is 5.73 Å². The Bertz CT molecular complexity index is 299. The molecule has 0 radical (unpaired) electrons. The number of rotatable bonds is 2. The minimum Gasteiger partial charge on any atom is -0.317 e. The molecule has 0 saturated heterocycles. The summed E-state index contributed by atoms with van der Waals surface area (Å²) in [6.45, 7) is 8.28. The van der Waals surface area contributed by atoms with Crippen LogP contribution in [-0.2, 0) is 0 Å². The first-order chi connectivity index (χ1) is 5.88. The van der Waals surface area contributed by atoms with E-state index in [2.05, 4.69) is 32.0 Å². The maximum atomic E-state index is 5.95. The maximum absolute atomic E-state index is 5.95. The van der Waals surface area contributed by atoms with Crippen molar-refractivity contribution in [3.8, 4) is 0 Å². The van der Waals surface area contributed by atoms with E-state index in [1.807, 2.05) is 13.8 Å². The van der Waals surface area contributed by atoms with Gasteiger partial charge in [0.2, 0.25) is 0 Å². The average molecular weight is 195 g/mol. The zero-order valence-corrected chi connectivity index (χ0v) is 9.53. The van der Waals surface area contributed by atoms with Gasteiger partial charge in [0, 0.05) is 4.90 Å². The normalized spacial score (nSPS) is 11.8. The molecule has 0 bridgehead atoms. The average Bonchev–Trinajstić information content (AvgIpc) is 1.94. The van der Waals surface area contributed by atoms with E-state index in [0.717, 1.165) is 0 Å². The molecule has 0 saturated carbocycles. The molecule has 0 aliphatic rings. The van der Waals surface area contributed by atoms with Crippen LogP contribution in [0, 0.1) is 13.8 Å². The molecule has 0 unspecified atom stereocenters. The van der Waals surface area contributed by atoms with Crippen LogP contribution in [0.1, 0.15) is 25.0 Å². The van der Waals surface area contributed by atoms with Crippen molar-refractivity contribution in [2.45, 2.75) is 37.5 Å². The van der Waals surface area contributed by atoms with Gasteiger partial charge in [0.05, 0.1) is 4.87 Å². The lowest BCUT2D eigenvalue weighted by Crippen LogP contribution is -2.26. The van der Waals surface area contributed by atoms with Gasteiger partial charge in [-0.25, -0.2) is 0 Å². The monoisotopic (exact) mass is 195 g/mol. The Morgan fingerprint density at radius 2 is 1.85 bits per heavy atom. The van der Waals surface area contributed by atoms with Crippen LogP contribution in [0.5, 0.6) is 0 Å². The van der Waals surface area contributed by atoms with Gasteiger partial charge in [-0.15, -0.1) is 11.8 Å². The molecule has 2 N–H and O–H groups in total. The van der Waals surface area contributed by atoms with E-state index in [-0.39, 0.29) is 4.87 Å². The van der Waals surface area contributed by atoms with E-state index < -0.39 is 0 Å². The summed E-state index contributed by atoms with van der Waals surface area (Å²) in [4.78, 5) is 1.09. The fourth-order valence-electron chi connectivity index (χ4n) is 1.10. The third-order valence-corrected chi connectivity index (χ3v) is 2.90. The summed E-state index contributed by atoms with van der Waals surface area (Å²) < 4.78 is 0. The molecule has 0 aliphatic heterocycles. The molecule has 0 aliphatic carbocycles. The molecule has 0 spiro atoms. The smallest absolute Gasteiger partial charge is 0.0610 e. The Balaban J connectivity index is 2.94.